The minimum absolute atomic E-state index is 0.0675. The van der Waals surface area contributed by atoms with Gasteiger partial charge in [-0.15, -0.1) is 16.8 Å². The summed E-state index contributed by atoms with van der Waals surface area (Å²) in [5.41, 5.74) is 1.35. The molecule has 0 bridgehead atoms. The zero-order chi connectivity index (χ0) is 26.6. The first-order valence-electron chi connectivity index (χ1n) is 11.6. The van der Waals surface area contributed by atoms with Crippen LogP contribution < -0.4 is 15.4 Å². The fraction of sp³-hybridized carbons (Fsp3) is 0.269. The van der Waals surface area contributed by atoms with Crippen LogP contribution in [0, 0.1) is 0 Å². The molecule has 0 fully saturated rings. The minimum atomic E-state index is -0.434. The predicted octanol–water partition coefficient (Wildman–Crippen LogP) is 3.70. The van der Waals surface area contributed by atoms with Gasteiger partial charge in [-0.1, -0.05) is 30.8 Å². The molecule has 194 valence electrons. The maximum atomic E-state index is 12.5. The van der Waals surface area contributed by atoms with Gasteiger partial charge >= 0.3 is 5.97 Å². The first-order valence-corrected chi connectivity index (χ1v) is 12.6. The fourth-order valence-corrected chi connectivity index (χ4v) is 3.97. The molecule has 0 saturated carbocycles. The molecule has 10 nitrogen and oxygen atoms in total. The number of carbonyl (C=O) groups excluding carboxylic acids is 3. The monoisotopic (exact) mass is 523 g/mol. The fourth-order valence-electron chi connectivity index (χ4n) is 3.20. The van der Waals surface area contributed by atoms with Crippen molar-refractivity contribution in [2.75, 3.05) is 24.8 Å². The van der Waals surface area contributed by atoms with Crippen LogP contribution in [0.25, 0.3) is 0 Å². The number of methoxy groups -OCH3 is 1. The van der Waals surface area contributed by atoms with E-state index < -0.39 is 5.97 Å². The molecule has 0 saturated heterocycles. The molecule has 2 aromatic carbocycles. The first-order chi connectivity index (χ1) is 17.9. The second kappa shape index (κ2) is 13.8. The van der Waals surface area contributed by atoms with Gasteiger partial charge < -0.3 is 24.7 Å². The third-order valence-electron chi connectivity index (χ3n) is 5.02. The van der Waals surface area contributed by atoms with Gasteiger partial charge in [0.1, 0.15) is 5.75 Å². The number of ether oxygens (including phenoxy) is 2. The van der Waals surface area contributed by atoms with Crippen molar-refractivity contribution < 1.29 is 23.9 Å². The summed E-state index contributed by atoms with van der Waals surface area (Å²) >= 11 is 1.20. The van der Waals surface area contributed by atoms with Gasteiger partial charge in [0, 0.05) is 17.8 Å². The van der Waals surface area contributed by atoms with Crippen LogP contribution in [0.5, 0.6) is 5.75 Å². The van der Waals surface area contributed by atoms with Gasteiger partial charge in [-0.25, -0.2) is 4.79 Å². The van der Waals surface area contributed by atoms with E-state index in [-0.39, 0.29) is 24.1 Å². The molecule has 1 heterocycles. The van der Waals surface area contributed by atoms with Gasteiger partial charge in [-0.05, 0) is 48.9 Å². The lowest BCUT2D eigenvalue weighted by atomic mass is 10.2. The highest BCUT2D eigenvalue weighted by molar-refractivity contribution is 7.99. The largest absolute Gasteiger partial charge is 0.497 e. The normalized spacial score (nSPS) is 10.4. The van der Waals surface area contributed by atoms with Crippen molar-refractivity contribution in [1.82, 2.24) is 20.1 Å². The third kappa shape index (κ3) is 7.94. The first kappa shape index (κ1) is 27.5. The van der Waals surface area contributed by atoms with E-state index in [0.717, 1.165) is 6.42 Å². The van der Waals surface area contributed by atoms with E-state index >= 15 is 0 Å². The molecule has 1 aromatic heterocycles. The lowest BCUT2D eigenvalue weighted by Crippen LogP contribution is -2.24. The Kier molecular flexibility index (Phi) is 10.3. The predicted molar refractivity (Wildman–Crippen MR) is 141 cm³/mol. The van der Waals surface area contributed by atoms with Crippen LogP contribution in [-0.4, -0.2) is 52.0 Å². The van der Waals surface area contributed by atoms with Crippen LogP contribution in [0.15, 0.2) is 66.3 Å². The highest BCUT2D eigenvalue weighted by Crippen LogP contribution is 2.19. The van der Waals surface area contributed by atoms with Gasteiger partial charge in [0.2, 0.25) is 5.91 Å². The van der Waals surface area contributed by atoms with E-state index in [1.807, 2.05) is 6.92 Å². The van der Waals surface area contributed by atoms with Crippen LogP contribution in [0.3, 0.4) is 0 Å². The summed E-state index contributed by atoms with van der Waals surface area (Å²) in [6.45, 7) is 6.58. The summed E-state index contributed by atoms with van der Waals surface area (Å²) in [5.74, 6) is 0.296. The molecule has 0 aliphatic rings. The van der Waals surface area contributed by atoms with Crippen molar-refractivity contribution in [2.45, 2.75) is 31.6 Å². The Morgan fingerprint density at radius 3 is 2.59 bits per heavy atom. The Morgan fingerprint density at radius 2 is 1.89 bits per heavy atom. The van der Waals surface area contributed by atoms with Crippen molar-refractivity contribution >= 4 is 35.2 Å². The number of nitrogens with zero attached hydrogens (tertiary/aromatic N) is 3. The van der Waals surface area contributed by atoms with E-state index in [1.54, 1.807) is 66.3 Å². The van der Waals surface area contributed by atoms with Crippen LogP contribution in [0.1, 0.15) is 39.9 Å². The molecule has 11 heteroatoms. The molecule has 2 N–H and O–H groups in total. The Balaban J connectivity index is 1.57. The lowest BCUT2D eigenvalue weighted by molar-refractivity contribution is -0.113. The summed E-state index contributed by atoms with van der Waals surface area (Å²) in [4.78, 5) is 37.1. The Bertz CT molecular complexity index is 1240. The maximum absolute atomic E-state index is 12.5. The van der Waals surface area contributed by atoms with Crippen molar-refractivity contribution in [2.24, 2.45) is 0 Å². The van der Waals surface area contributed by atoms with E-state index in [2.05, 4.69) is 27.4 Å². The molecule has 0 radical (unpaired) electrons. The molecule has 3 aromatic rings. The summed E-state index contributed by atoms with van der Waals surface area (Å²) < 4.78 is 12.0. The van der Waals surface area contributed by atoms with Crippen molar-refractivity contribution in [3.05, 3.63) is 78.1 Å². The van der Waals surface area contributed by atoms with Crippen LogP contribution >= 0.6 is 11.8 Å². The van der Waals surface area contributed by atoms with Crippen LogP contribution in [0.4, 0.5) is 5.69 Å². The Hall–Kier alpha value is -4.12. The van der Waals surface area contributed by atoms with E-state index in [0.29, 0.717) is 46.7 Å². The van der Waals surface area contributed by atoms with E-state index in [9.17, 15) is 14.4 Å². The van der Waals surface area contributed by atoms with Gasteiger partial charge in [-0.2, -0.15) is 0 Å². The smallest absolute Gasteiger partial charge is 0.338 e. The highest BCUT2D eigenvalue weighted by Gasteiger charge is 2.16. The number of nitrogens with one attached hydrogen (secondary N) is 2. The zero-order valence-electron chi connectivity index (χ0n) is 20.7. The molecule has 0 unspecified atom stereocenters. The van der Waals surface area contributed by atoms with Gasteiger partial charge in [0.05, 0.1) is 31.6 Å². The minimum Gasteiger partial charge on any atom is -0.497 e. The molecular formula is C26H29N5O5S. The molecule has 0 aliphatic carbocycles. The summed E-state index contributed by atoms with van der Waals surface area (Å²) in [7, 11) is 1.56. The number of esters is 1. The lowest BCUT2D eigenvalue weighted by Gasteiger charge is -2.10. The number of hydrogen-bond acceptors (Lipinski definition) is 8. The number of aromatic nitrogens is 3. The quantitative estimate of drug-likeness (QED) is 0.197. The number of thioether (sulfide) groups is 1. The second-order valence-electron chi connectivity index (χ2n) is 7.76. The van der Waals surface area contributed by atoms with Crippen LogP contribution in [-0.2, 0) is 22.6 Å². The second-order valence-corrected chi connectivity index (χ2v) is 8.71. The number of carbonyl (C=O) groups is 3. The SMILES string of the molecule is C=CCn1c(CNC(=O)c2ccc(OC)cc2)nnc1SCC(=O)Nc1cccc(C(=O)OCCC)c1. The highest BCUT2D eigenvalue weighted by atomic mass is 32.2. The van der Waals surface area contributed by atoms with Gasteiger partial charge in [0.15, 0.2) is 11.0 Å². The topological polar surface area (TPSA) is 124 Å². The van der Waals surface area contributed by atoms with E-state index in [1.165, 1.54) is 11.8 Å². The number of rotatable bonds is 13. The Morgan fingerprint density at radius 1 is 1.11 bits per heavy atom. The standard InChI is InChI=1S/C26H29N5O5S/c1-4-13-31-22(16-27-24(33)18-9-11-21(35-3)12-10-18)29-30-26(31)37-17-23(32)28-20-8-6-7-19(15-20)25(34)36-14-5-2/h4,6-12,15H,1,5,13-14,16-17H2,2-3H3,(H,27,33)(H,28,32). The molecule has 3 rings (SSSR count). The molecule has 2 amide bonds. The number of anilines is 1. The molecule has 37 heavy (non-hydrogen) atoms. The maximum Gasteiger partial charge on any atom is 0.338 e. The van der Waals surface area contributed by atoms with Gasteiger partial charge in [0.25, 0.3) is 5.91 Å². The molecule has 0 aliphatic heterocycles. The summed E-state index contributed by atoms with van der Waals surface area (Å²) in [6, 6.07) is 13.4. The molecule has 0 spiro atoms. The third-order valence-corrected chi connectivity index (χ3v) is 5.98. The average Bonchev–Trinajstić information content (AvgIpc) is 3.30. The van der Waals surface area contributed by atoms with E-state index in [4.69, 9.17) is 9.47 Å². The number of allylic oxidation sites excluding steroid dienone is 1. The van der Waals surface area contributed by atoms with Gasteiger partial charge in [-0.3, -0.25) is 9.59 Å². The number of hydrogen-bond donors (Lipinski definition) is 2. The Labute approximate surface area is 219 Å². The number of amides is 2. The van der Waals surface area contributed by atoms with Crippen molar-refractivity contribution in [1.29, 1.82) is 0 Å². The average molecular weight is 524 g/mol. The summed E-state index contributed by atoms with van der Waals surface area (Å²) in [5, 5.41) is 14.5. The van der Waals surface area contributed by atoms with Crippen molar-refractivity contribution in [3.63, 3.8) is 0 Å². The molecular weight excluding hydrogens is 494 g/mol. The number of benzene rings is 2. The summed E-state index contributed by atoms with van der Waals surface area (Å²) in [6.07, 6.45) is 2.41. The van der Waals surface area contributed by atoms with Crippen LogP contribution in [0.2, 0.25) is 0 Å². The zero-order valence-corrected chi connectivity index (χ0v) is 21.5. The molecule has 0 atom stereocenters. The van der Waals surface area contributed by atoms with Crippen molar-refractivity contribution in [3.8, 4) is 5.75 Å².